The number of nitrogens with two attached hydrogens (primary N) is 1. The molecule has 1 atom stereocenters. The molecule has 0 aliphatic carbocycles. The van der Waals surface area contributed by atoms with Crippen LogP contribution in [0.3, 0.4) is 0 Å². The first-order chi connectivity index (χ1) is 14.5. The van der Waals surface area contributed by atoms with Gasteiger partial charge >= 0.3 is 0 Å². The third-order valence-corrected chi connectivity index (χ3v) is 5.54. The number of hydrazine groups is 1. The summed E-state index contributed by atoms with van der Waals surface area (Å²) in [4.78, 5) is 6.60. The Balaban J connectivity index is 1.66. The predicted molar refractivity (Wildman–Crippen MR) is 115 cm³/mol. The molecule has 4 rings (SSSR count). The van der Waals surface area contributed by atoms with Gasteiger partial charge in [-0.25, -0.2) is 9.38 Å². The van der Waals surface area contributed by atoms with E-state index < -0.39 is 5.82 Å². The summed E-state index contributed by atoms with van der Waals surface area (Å²) in [5, 5.41) is 7.34. The quantitative estimate of drug-likeness (QED) is 0.519. The molecule has 1 aromatic heterocycles. The van der Waals surface area contributed by atoms with Gasteiger partial charge in [-0.1, -0.05) is 6.58 Å². The van der Waals surface area contributed by atoms with E-state index in [-0.39, 0.29) is 12.6 Å². The molecule has 0 unspecified atom stereocenters. The Morgan fingerprint density at radius 1 is 1.43 bits per heavy atom. The molecule has 0 bridgehead atoms. The molecule has 30 heavy (non-hydrogen) atoms. The van der Waals surface area contributed by atoms with Crippen LogP contribution < -0.4 is 16.6 Å². The predicted octanol–water partition coefficient (Wildman–Crippen LogP) is 2.66. The van der Waals surface area contributed by atoms with Crippen molar-refractivity contribution in [1.82, 2.24) is 20.0 Å². The van der Waals surface area contributed by atoms with Crippen molar-refractivity contribution in [3.63, 3.8) is 0 Å². The lowest BCUT2D eigenvalue weighted by Gasteiger charge is -2.25. The van der Waals surface area contributed by atoms with Gasteiger partial charge in [-0.05, 0) is 24.1 Å². The number of rotatable bonds is 5. The van der Waals surface area contributed by atoms with Crippen LogP contribution in [-0.4, -0.2) is 46.9 Å². The van der Waals surface area contributed by atoms with Gasteiger partial charge in [0.25, 0.3) is 0 Å². The molecular formula is C21H25F2N7. The number of amidine groups is 1. The maximum Gasteiger partial charge on any atom is 0.133 e. The summed E-state index contributed by atoms with van der Waals surface area (Å²) < 4.78 is 29.3. The lowest BCUT2D eigenvalue weighted by atomic mass is 9.96. The van der Waals surface area contributed by atoms with Gasteiger partial charge < -0.3 is 15.6 Å². The number of halogens is 2. The standard InChI is InChI=1S/C21H25F2N7/c1-13(19-7-21(26-12-25-19)30-4-3-14(8-22)10-30)16-5-17(15-9-27-29(2)11-15)18(23)6-20(16)28-24/h5-7,9,11,14,25,28H,1,3-4,8,10,12,24H2,2H3/t14-/m1/s1. The topological polar surface area (TPSA) is 83.5 Å². The van der Waals surface area contributed by atoms with Crippen LogP contribution in [0, 0.1) is 11.7 Å². The van der Waals surface area contributed by atoms with Crippen LogP contribution in [0.1, 0.15) is 12.0 Å². The molecule has 0 amide bonds. The summed E-state index contributed by atoms with van der Waals surface area (Å²) in [7, 11) is 1.78. The fraction of sp³-hybridized carbons (Fsp3) is 0.333. The number of aromatic nitrogens is 2. The van der Waals surface area contributed by atoms with Gasteiger partial charge in [0.2, 0.25) is 0 Å². The van der Waals surface area contributed by atoms with Crippen molar-refractivity contribution >= 4 is 17.1 Å². The largest absolute Gasteiger partial charge is 0.366 e. The summed E-state index contributed by atoms with van der Waals surface area (Å²) in [6.07, 6.45) is 6.08. The monoisotopic (exact) mass is 413 g/mol. The van der Waals surface area contributed by atoms with E-state index in [1.807, 2.05) is 6.08 Å². The van der Waals surface area contributed by atoms with Crippen LogP contribution >= 0.6 is 0 Å². The number of nitrogen functional groups attached to an aromatic ring is 1. The fourth-order valence-electron chi connectivity index (χ4n) is 3.85. The molecule has 1 fully saturated rings. The Labute approximate surface area is 173 Å². The van der Waals surface area contributed by atoms with Crippen molar-refractivity contribution in [3.8, 4) is 11.1 Å². The number of anilines is 1. The van der Waals surface area contributed by atoms with E-state index in [1.54, 1.807) is 30.2 Å². The van der Waals surface area contributed by atoms with Crippen LogP contribution in [0.25, 0.3) is 16.7 Å². The highest BCUT2D eigenvalue weighted by Crippen LogP contribution is 2.34. The highest BCUT2D eigenvalue weighted by Gasteiger charge is 2.26. The van der Waals surface area contributed by atoms with E-state index >= 15 is 0 Å². The van der Waals surface area contributed by atoms with Crippen molar-refractivity contribution < 1.29 is 8.78 Å². The molecule has 2 aliphatic rings. The Bertz CT molecular complexity index is 1020. The summed E-state index contributed by atoms with van der Waals surface area (Å²) in [5.41, 5.74) is 6.15. The molecule has 4 N–H and O–H groups in total. The van der Waals surface area contributed by atoms with E-state index in [0.29, 0.717) is 41.2 Å². The minimum absolute atomic E-state index is 0.0508. The zero-order valence-electron chi connectivity index (χ0n) is 16.8. The summed E-state index contributed by atoms with van der Waals surface area (Å²) in [6.45, 7) is 5.72. The second-order valence-corrected chi connectivity index (χ2v) is 7.57. The molecule has 1 aromatic carbocycles. The smallest absolute Gasteiger partial charge is 0.133 e. The average molecular weight is 413 g/mol. The summed E-state index contributed by atoms with van der Waals surface area (Å²) in [6, 6.07) is 3.07. The first-order valence-electron chi connectivity index (χ1n) is 9.80. The normalized spacial score (nSPS) is 18.7. The number of nitrogens with one attached hydrogen (secondary N) is 2. The summed E-state index contributed by atoms with van der Waals surface area (Å²) >= 11 is 0. The molecule has 0 radical (unpaired) electrons. The van der Waals surface area contributed by atoms with Gasteiger partial charge in [0.1, 0.15) is 18.3 Å². The third kappa shape index (κ3) is 3.80. The molecule has 3 heterocycles. The molecule has 1 saturated heterocycles. The summed E-state index contributed by atoms with van der Waals surface area (Å²) in [5.74, 6) is 6.10. The zero-order chi connectivity index (χ0) is 21.3. The third-order valence-electron chi connectivity index (χ3n) is 5.54. The lowest BCUT2D eigenvalue weighted by Crippen LogP contribution is -2.33. The number of likely N-dealkylation sites (tertiary alicyclic amines) is 1. The van der Waals surface area contributed by atoms with Crippen LogP contribution in [0.2, 0.25) is 0 Å². The molecule has 2 aromatic rings. The Morgan fingerprint density at radius 3 is 2.93 bits per heavy atom. The van der Waals surface area contributed by atoms with Crippen LogP contribution in [0.5, 0.6) is 0 Å². The van der Waals surface area contributed by atoms with Crippen molar-refractivity contribution in [2.75, 3.05) is 31.9 Å². The van der Waals surface area contributed by atoms with Gasteiger partial charge in [0, 0.05) is 60.7 Å². The number of aliphatic imine (C=N–C) groups is 1. The maximum absolute atomic E-state index is 14.7. The fourth-order valence-corrected chi connectivity index (χ4v) is 3.85. The minimum atomic E-state index is -0.408. The Kier molecular flexibility index (Phi) is 5.54. The molecule has 0 spiro atoms. The van der Waals surface area contributed by atoms with E-state index in [0.717, 1.165) is 24.5 Å². The Morgan fingerprint density at radius 2 is 2.27 bits per heavy atom. The lowest BCUT2D eigenvalue weighted by molar-refractivity contribution is 0.365. The molecular weight excluding hydrogens is 388 g/mol. The van der Waals surface area contributed by atoms with Gasteiger partial charge in [0.05, 0.1) is 18.6 Å². The number of hydrogen-bond donors (Lipinski definition) is 3. The van der Waals surface area contributed by atoms with E-state index in [1.165, 1.54) is 6.07 Å². The van der Waals surface area contributed by atoms with Gasteiger partial charge in [-0.15, -0.1) is 0 Å². The highest BCUT2D eigenvalue weighted by atomic mass is 19.1. The molecule has 7 nitrogen and oxygen atoms in total. The van der Waals surface area contributed by atoms with Gasteiger partial charge in [0.15, 0.2) is 0 Å². The zero-order valence-corrected chi connectivity index (χ0v) is 16.8. The second kappa shape index (κ2) is 8.27. The molecule has 158 valence electrons. The number of allylic oxidation sites excluding steroid dienone is 1. The molecule has 9 heteroatoms. The van der Waals surface area contributed by atoms with Crippen molar-refractivity contribution in [2.45, 2.75) is 6.42 Å². The van der Waals surface area contributed by atoms with Crippen LogP contribution in [-0.2, 0) is 7.05 Å². The number of nitrogens with zero attached hydrogens (tertiary/aromatic N) is 4. The number of benzene rings is 1. The second-order valence-electron chi connectivity index (χ2n) is 7.57. The first kappa shape index (κ1) is 20.1. The van der Waals surface area contributed by atoms with E-state index in [9.17, 15) is 8.78 Å². The number of hydrogen-bond acceptors (Lipinski definition) is 6. The maximum atomic E-state index is 14.7. The minimum Gasteiger partial charge on any atom is -0.366 e. The molecule has 2 aliphatic heterocycles. The van der Waals surface area contributed by atoms with E-state index in [4.69, 9.17) is 5.84 Å². The van der Waals surface area contributed by atoms with Crippen molar-refractivity contribution in [2.24, 2.45) is 23.8 Å². The highest BCUT2D eigenvalue weighted by molar-refractivity contribution is 5.99. The first-order valence-corrected chi connectivity index (χ1v) is 9.80. The van der Waals surface area contributed by atoms with Crippen molar-refractivity contribution in [3.05, 3.63) is 54.3 Å². The Hall–Kier alpha value is -3.20. The molecule has 0 saturated carbocycles. The van der Waals surface area contributed by atoms with E-state index in [2.05, 4.69) is 32.3 Å². The number of alkyl halides is 1. The van der Waals surface area contributed by atoms with Crippen LogP contribution in [0.15, 0.2) is 47.9 Å². The average Bonchev–Trinajstić information content (AvgIpc) is 3.42. The van der Waals surface area contributed by atoms with Crippen molar-refractivity contribution in [1.29, 1.82) is 0 Å². The van der Waals surface area contributed by atoms with Gasteiger partial charge in [-0.2, -0.15) is 5.10 Å². The van der Waals surface area contributed by atoms with Gasteiger partial charge in [-0.3, -0.25) is 14.9 Å². The van der Waals surface area contributed by atoms with Crippen LogP contribution in [0.4, 0.5) is 14.5 Å². The SMILES string of the molecule is C=C(C1=CC(N2CC[C@H](CF)C2)=NCN1)c1cc(-c2cnn(C)c2)c(F)cc1NN. The number of aryl methyl sites for hydroxylation is 1.